The Balaban J connectivity index is 2.11. The maximum Gasteiger partial charge on any atom is 0.215 e. The molecular weight excluding hydrogens is 348 g/mol. The van der Waals surface area contributed by atoms with Gasteiger partial charge in [0.15, 0.2) is 23.0 Å². The van der Waals surface area contributed by atoms with E-state index in [4.69, 9.17) is 14.2 Å². The molecule has 7 nitrogen and oxygen atoms in total. The summed E-state index contributed by atoms with van der Waals surface area (Å²) in [4.78, 5) is 17.4. The Hall–Kier alpha value is -3.48. The lowest BCUT2D eigenvalue weighted by Gasteiger charge is -2.14. The number of carbonyl (C=O) groups is 1. The number of rotatable bonds is 6. The van der Waals surface area contributed by atoms with Crippen molar-refractivity contribution in [1.82, 2.24) is 9.71 Å². The molecule has 0 fully saturated rings. The number of methoxy groups -OCH3 is 3. The fraction of sp³-hybridized carbons (Fsp3) is 0.200. The molecule has 0 saturated heterocycles. The molecule has 2 aromatic carbocycles. The third-order valence-electron chi connectivity index (χ3n) is 4.20. The van der Waals surface area contributed by atoms with Crippen LogP contribution in [0.4, 0.5) is 0 Å². The van der Waals surface area contributed by atoms with Crippen molar-refractivity contribution in [2.75, 3.05) is 21.3 Å². The van der Waals surface area contributed by atoms with Gasteiger partial charge in [0.05, 0.1) is 27.0 Å². The fourth-order valence-electron chi connectivity index (χ4n) is 2.90. The van der Waals surface area contributed by atoms with Crippen LogP contribution in [0.3, 0.4) is 0 Å². The summed E-state index contributed by atoms with van der Waals surface area (Å²) in [5.41, 5.74) is 1.47. The van der Waals surface area contributed by atoms with Crippen LogP contribution in [0.2, 0.25) is 0 Å². The van der Waals surface area contributed by atoms with Gasteiger partial charge in [-0.3, -0.25) is 4.79 Å². The zero-order valence-corrected chi connectivity index (χ0v) is 15.5. The summed E-state index contributed by atoms with van der Waals surface area (Å²) in [6.07, 6.45) is 0. The van der Waals surface area contributed by atoms with Gasteiger partial charge in [0, 0.05) is 11.1 Å². The van der Waals surface area contributed by atoms with Crippen molar-refractivity contribution in [3.8, 4) is 28.6 Å². The SMILES string of the molecule is COc1cc(C(=O)c2c(C)nc(-c3ccccc3)n2O)cc(OC)c1OC. The van der Waals surface area contributed by atoms with Gasteiger partial charge in [-0.2, -0.15) is 4.73 Å². The Morgan fingerprint density at radius 3 is 2.11 bits per heavy atom. The molecule has 1 aromatic heterocycles. The lowest BCUT2D eigenvalue weighted by molar-refractivity contribution is 0.0985. The van der Waals surface area contributed by atoms with Gasteiger partial charge in [-0.05, 0) is 19.1 Å². The van der Waals surface area contributed by atoms with E-state index in [1.165, 1.54) is 33.5 Å². The third-order valence-corrected chi connectivity index (χ3v) is 4.20. The summed E-state index contributed by atoms with van der Waals surface area (Å²) in [6.45, 7) is 1.67. The van der Waals surface area contributed by atoms with Crippen molar-refractivity contribution in [2.24, 2.45) is 0 Å². The van der Waals surface area contributed by atoms with Crippen LogP contribution in [-0.2, 0) is 0 Å². The highest BCUT2D eigenvalue weighted by atomic mass is 16.5. The first-order valence-electron chi connectivity index (χ1n) is 8.20. The van der Waals surface area contributed by atoms with Crippen LogP contribution in [-0.4, -0.2) is 42.0 Å². The molecule has 3 rings (SSSR count). The molecule has 7 heteroatoms. The summed E-state index contributed by atoms with van der Waals surface area (Å²) in [5.74, 6) is 0.971. The van der Waals surface area contributed by atoms with Crippen LogP contribution in [0.1, 0.15) is 21.7 Å². The summed E-state index contributed by atoms with van der Waals surface area (Å²) in [7, 11) is 4.43. The molecule has 0 spiro atoms. The highest BCUT2D eigenvalue weighted by Crippen LogP contribution is 2.39. The fourth-order valence-corrected chi connectivity index (χ4v) is 2.90. The molecule has 0 aliphatic carbocycles. The van der Waals surface area contributed by atoms with Crippen LogP contribution < -0.4 is 14.2 Å². The standard InChI is InChI=1S/C20H20N2O5/c1-12-17(22(24)20(21-12)13-8-6-5-7-9-13)18(23)14-10-15(25-2)19(27-4)16(11-14)26-3/h5-11,24H,1-4H3. The van der Waals surface area contributed by atoms with Crippen LogP contribution in [0.15, 0.2) is 42.5 Å². The number of carbonyl (C=O) groups excluding carboxylic acids is 1. The van der Waals surface area contributed by atoms with Gasteiger partial charge in [0.2, 0.25) is 11.5 Å². The highest BCUT2D eigenvalue weighted by molar-refractivity contribution is 6.09. The Morgan fingerprint density at radius 2 is 1.59 bits per heavy atom. The van der Waals surface area contributed by atoms with E-state index in [1.54, 1.807) is 6.92 Å². The van der Waals surface area contributed by atoms with Crippen molar-refractivity contribution in [1.29, 1.82) is 0 Å². The largest absolute Gasteiger partial charge is 0.493 e. The van der Waals surface area contributed by atoms with Crippen molar-refractivity contribution in [3.63, 3.8) is 0 Å². The number of hydrogen-bond acceptors (Lipinski definition) is 6. The number of aromatic nitrogens is 2. The van der Waals surface area contributed by atoms with Crippen LogP contribution >= 0.6 is 0 Å². The second-order valence-electron chi connectivity index (χ2n) is 5.79. The molecule has 3 aromatic rings. The smallest absolute Gasteiger partial charge is 0.215 e. The number of ether oxygens (including phenoxy) is 3. The zero-order chi connectivity index (χ0) is 19.6. The predicted octanol–water partition coefficient (Wildman–Crippen LogP) is 3.35. The number of ketones is 1. The molecule has 0 saturated carbocycles. The van der Waals surface area contributed by atoms with Gasteiger partial charge < -0.3 is 19.4 Å². The van der Waals surface area contributed by atoms with Crippen molar-refractivity contribution in [3.05, 3.63) is 59.4 Å². The number of aryl methyl sites for hydroxylation is 1. The number of benzene rings is 2. The first-order valence-corrected chi connectivity index (χ1v) is 8.20. The minimum atomic E-state index is -0.413. The molecule has 27 heavy (non-hydrogen) atoms. The summed E-state index contributed by atoms with van der Waals surface area (Å²) in [5, 5.41) is 10.6. The van der Waals surface area contributed by atoms with Gasteiger partial charge in [0.25, 0.3) is 0 Å². The number of nitrogens with zero attached hydrogens (tertiary/aromatic N) is 2. The molecule has 0 unspecified atom stereocenters. The van der Waals surface area contributed by atoms with E-state index < -0.39 is 5.78 Å². The second kappa shape index (κ2) is 7.41. The van der Waals surface area contributed by atoms with Crippen molar-refractivity contribution >= 4 is 5.78 Å². The van der Waals surface area contributed by atoms with Crippen LogP contribution in [0, 0.1) is 6.92 Å². The summed E-state index contributed by atoms with van der Waals surface area (Å²) in [6, 6.07) is 12.2. The first-order chi connectivity index (χ1) is 13.0. The average molecular weight is 368 g/mol. The van der Waals surface area contributed by atoms with E-state index in [0.717, 1.165) is 4.73 Å². The predicted molar refractivity (Wildman–Crippen MR) is 99.1 cm³/mol. The topological polar surface area (TPSA) is 82.8 Å². The monoisotopic (exact) mass is 368 g/mol. The Labute approximate surface area is 156 Å². The molecular formula is C20H20N2O5. The third kappa shape index (κ3) is 3.19. The maximum atomic E-state index is 13.1. The molecule has 0 aliphatic heterocycles. The quantitative estimate of drug-likeness (QED) is 0.531. The second-order valence-corrected chi connectivity index (χ2v) is 5.79. The molecule has 1 N–H and O–H groups in total. The van der Waals surface area contributed by atoms with E-state index in [0.29, 0.717) is 34.3 Å². The Kier molecular flexibility index (Phi) is 5.03. The minimum Gasteiger partial charge on any atom is -0.493 e. The van der Waals surface area contributed by atoms with E-state index >= 15 is 0 Å². The van der Waals surface area contributed by atoms with Gasteiger partial charge in [-0.25, -0.2) is 4.98 Å². The van der Waals surface area contributed by atoms with Crippen LogP contribution in [0.25, 0.3) is 11.4 Å². The van der Waals surface area contributed by atoms with E-state index in [9.17, 15) is 10.0 Å². The minimum absolute atomic E-state index is 0.0723. The number of hydrogen-bond donors (Lipinski definition) is 1. The molecule has 0 bridgehead atoms. The highest BCUT2D eigenvalue weighted by Gasteiger charge is 2.25. The van der Waals surface area contributed by atoms with E-state index in [1.807, 2.05) is 30.3 Å². The molecule has 140 valence electrons. The Morgan fingerprint density at radius 1 is 1.00 bits per heavy atom. The molecule has 1 heterocycles. The van der Waals surface area contributed by atoms with Gasteiger partial charge in [-0.1, -0.05) is 30.3 Å². The lowest BCUT2D eigenvalue weighted by atomic mass is 10.1. The van der Waals surface area contributed by atoms with E-state index in [2.05, 4.69) is 4.98 Å². The van der Waals surface area contributed by atoms with Crippen LogP contribution in [0.5, 0.6) is 17.2 Å². The van der Waals surface area contributed by atoms with Gasteiger partial charge in [0.1, 0.15) is 0 Å². The van der Waals surface area contributed by atoms with Crippen molar-refractivity contribution in [2.45, 2.75) is 6.92 Å². The summed E-state index contributed by atoms with van der Waals surface area (Å²) >= 11 is 0. The van der Waals surface area contributed by atoms with Gasteiger partial charge in [-0.15, -0.1) is 0 Å². The first kappa shape index (κ1) is 18.3. The van der Waals surface area contributed by atoms with Gasteiger partial charge >= 0.3 is 0 Å². The zero-order valence-electron chi connectivity index (χ0n) is 15.5. The molecule has 0 amide bonds. The molecule has 0 radical (unpaired) electrons. The summed E-state index contributed by atoms with van der Waals surface area (Å²) < 4.78 is 16.7. The average Bonchev–Trinajstić information content (AvgIpc) is 3.00. The van der Waals surface area contributed by atoms with E-state index in [-0.39, 0.29) is 11.3 Å². The molecule has 0 aliphatic rings. The Bertz CT molecular complexity index is 955. The normalized spacial score (nSPS) is 10.5. The number of imidazole rings is 1. The molecule has 0 atom stereocenters. The lowest BCUT2D eigenvalue weighted by Crippen LogP contribution is -2.11. The maximum absolute atomic E-state index is 13.1. The van der Waals surface area contributed by atoms with Crippen molar-refractivity contribution < 1.29 is 24.2 Å².